The Hall–Kier alpha value is -0.410. The second-order valence-electron chi connectivity index (χ2n) is 4.95. The van der Waals surface area contributed by atoms with E-state index in [0.717, 1.165) is 45.3 Å². The highest BCUT2D eigenvalue weighted by atomic mass is 16.5. The summed E-state index contributed by atoms with van der Waals surface area (Å²) in [7, 11) is 0. The maximum absolute atomic E-state index is 12.3. The van der Waals surface area contributed by atoms with E-state index in [4.69, 9.17) is 4.74 Å². The molecule has 3 nitrogen and oxygen atoms in total. The normalized spacial score (nSPS) is 20.4. The lowest BCUT2D eigenvalue weighted by molar-refractivity contribution is -0.152. The molecule has 1 aliphatic rings. The molecular formula is C14H27NO2. The lowest BCUT2D eigenvalue weighted by Crippen LogP contribution is -2.51. The fourth-order valence-corrected chi connectivity index (χ4v) is 2.49. The summed E-state index contributed by atoms with van der Waals surface area (Å²) in [6, 6.07) is 0. The third-order valence-electron chi connectivity index (χ3n) is 3.68. The fraction of sp³-hybridized carbons (Fsp3) is 0.929. The smallest absolute Gasteiger partial charge is 0.164 e. The van der Waals surface area contributed by atoms with E-state index < -0.39 is 5.60 Å². The molecular weight excluding hydrogens is 214 g/mol. The summed E-state index contributed by atoms with van der Waals surface area (Å²) < 4.78 is 5.95. The van der Waals surface area contributed by atoms with Gasteiger partial charge in [0.15, 0.2) is 5.78 Å². The standard InChI is InChI=1S/C14H27NO2/c1-4-7-13(16)14(17-12-5-2)8-10-15(6-3)11-9-14/h4-12H2,1-3H3. The van der Waals surface area contributed by atoms with Crippen LogP contribution in [0.4, 0.5) is 0 Å². The monoisotopic (exact) mass is 241 g/mol. The highest BCUT2D eigenvalue weighted by Crippen LogP contribution is 2.29. The molecule has 0 spiro atoms. The molecule has 0 unspecified atom stereocenters. The average Bonchev–Trinajstić information content (AvgIpc) is 2.37. The van der Waals surface area contributed by atoms with Gasteiger partial charge in [-0.1, -0.05) is 20.8 Å². The van der Waals surface area contributed by atoms with Crippen LogP contribution in [0.15, 0.2) is 0 Å². The number of hydrogen-bond acceptors (Lipinski definition) is 3. The van der Waals surface area contributed by atoms with E-state index in [-0.39, 0.29) is 0 Å². The lowest BCUT2D eigenvalue weighted by Gasteiger charge is -2.40. The van der Waals surface area contributed by atoms with Crippen LogP contribution in [0.25, 0.3) is 0 Å². The van der Waals surface area contributed by atoms with E-state index in [9.17, 15) is 4.79 Å². The first-order valence-electron chi connectivity index (χ1n) is 7.08. The van der Waals surface area contributed by atoms with E-state index in [1.807, 2.05) is 0 Å². The van der Waals surface area contributed by atoms with Crippen LogP contribution in [0.2, 0.25) is 0 Å². The van der Waals surface area contributed by atoms with Crippen molar-refractivity contribution in [2.45, 2.75) is 58.5 Å². The molecule has 1 aliphatic heterocycles. The number of carbonyl (C=O) groups is 1. The van der Waals surface area contributed by atoms with Gasteiger partial charge in [-0.05, 0) is 32.2 Å². The van der Waals surface area contributed by atoms with Crippen molar-refractivity contribution in [1.82, 2.24) is 4.90 Å². The summed E-state index contributed by atoms with van der Waals surface area (Å²) in [4.78, 5) is 14.7. The first kappa shape index (κ1) is 14.7. The molecule has 0 aromatic rings. The van der Waals surface area contributed by atoms with E-state index in [2.05, 4.69) is 25.7 Å². The average molecular weight is 241 g/mol. The molecule has 0 aromatic carbocycles. The Morgan fingerprint density at radius 2 is 1.82 bits per heavy atom. The molecule has 0 atom stereocenters. The zero-order valence-electron chi connectivity index (χ0n) is 11.6. The second kappa shape index (κ2) is 7.12. The van der Waals surface area contributed by atoms with Crippen molar-refractivity contribution in [3.05, 3.63) is 0 Å². The number of likely N-dealkylation sites (tertiary alicyclic amines) is 1. The number of ketones is 1. The minimum atomic E-state index is -0.461. The van der Waals surface area contributed by atoms with E-state index in [1.165, 1.54) is 0 Å². The Balaban J connectivity index is 2.63. The zero-order chi connectivity index (χ0) is 12.7. The summed E-state index contributed by atoms with van der Waals surface area (Å²) in [5.74, 6) is 0.323. The highest BCUT2D eigenvalue weighted by molar-refractivity contribution is 5.87. The van der Waals surface area contributed by atoms with Crippen LogP contribution in [0.1, 0.15) is 52.9 Å². The van der Waals surface area contributed by atoms with Crippen molar-refractivity contribution >= 4 is 5.78 Å². The van der Waals surface area contributed by atoms with Gasteiger partial charge in [0.1, 0.15) is 5.60 Å². The third kappa shape index (κ3) is 3.78. The van der Waals surface area contributed by atoms with E-state index in [1.54, 1.807) is 0 Å². The fourth-order valence-electron chi connectivity index (χ4n) is 2.49. The Bertz CT molecular complexity index is 232. The van der Waals surface area contributed by atoms with E-state index >= 15 is 0 Å². The number of ether oxygens (including phenoxy) is 1. The quantitative estimate of drug-likeness (QED) is 0.686. The Labute approximate surface area is 106 Å². The zero-order valence-corrected chi connectivity index (χ0v) is 11.6. The number of nitrogens with zero attached hydrogens (tertiary/aromatic N) is 1. The highest BCUT2D eigenvalue weighted by Gasteiger charge is 2.40. The minimum Gasteiger partial charge on any atom is -0.367 e. The van der Waals surface area contributed by atoms with Crippen LogP contribution in [0.3, 0.4) is 0 Å². The van der Waals surface area contributed by atoms with Gasteiger partial charge in [-0.2, -0.15) is 0 Å². The Kier molecular flexibility index (Phi) is 6.14. The van der Waals surface area contributed by atoms with Gasteiger partial charge in [-0.25, -0.2) is 0 Å². The van der Waals surface area contributed by atoms with Crippen LogP contribution < -0.4 is 0 Å². The van der Waals surface area contributed by atoms with Crippen molar-refractivity contribution < 1.29 is 9.53 Å². The van der Waals surface area contributed by atoms with Crippen molar-refractivity contribution in [2.24, 2.45) is 0 Å². The molecule has 1 heterocycles. The number of hydrogen-bond donors (Lipinski definition) is 0. The molecule has 0 saturated carbocycles. The molecule has 0 bridgehead atoms. The molecule has 1 fully saturated rings. The molecule has 1 saturated heterocycles. The maximum atomic E-state index is 12.3. The van der Waals surface area contributed by atoms with Crippen LogP contribution >= 0.6 is 0 Å². The Morgan fingerprint density at radius 1 is 1.18 bits per heavy atom. The molecule has 0 N–H and O–H groups in total. The van der Waals surface area contributed by atoms with Gasteiger partial charge in [0.2, 0.25) is 0 Å². The van der Waals surface area contributed by atoms with E-state index in [0.29, 0.717) is 18.8 Å². The number of carbonyl (C=O) groups excluding carboxylic acids is 1. The van der Waals surface area contributed by atoms with Crippen LogP contribution in [-0.4, -0.2) is 42.5 Å². The third-order valence-corrected chi connectivity index (χ3v) is 3.68. The molecule has 17 heavy (non-hydrogen) atoms. The van der Waals surface area contributed by atoms with Gasteiger partial charge >= 0.3 is 0 Å². The number of piperidine rings is 1. The summed E-state index contributed by atoms with van der Waals surface area (Å²) in [5.41, 5.74) is -0.461. The molecule has 3 heteroatoms. The molecule has 0 amide bonds. The second-order valence-corrected chi connectivity index (χ2v) is 4.95. The van der Waals surface area contributed by atoms with Gasteiger partial charge in [-0.3, -0.25) is 4.79 Å². The summed E-state index contributed by atoms with van der Waals surface area (Å²) in [6.45, 7) is 10.1. The van der Waals surface area contributed by atoms with Crippen molar-refractivity contribution in [3.8, 4) is 0 Å². The predicted molar refractivity (Wildman–Crippen MR) is 70.2 cm³/mol. The topological polar surface area (TPSA) is 29.5 Å². The first-order valence-corrected chi connectivity index (χ1v) is 7.08. The van der Waals surface area contributed by atoms with Crippen LogP contribution in [0, 0.1) is 0 Å². The van der Waals surface area contributed by atoms with Gasteiger partial charge in [0.25, 0.3) is 0 Å². The number of rotatable bonds is 7. The summed E-state index contributed by atoms with van der Waals surface area (Å²) in [5, 5.41) is 0. The molecule has 0 aromatic heterocycles. The van der Waals surface area contributed by atoms with Gasteiger partial charge in [-0.15, -0.1) is 0 Å². The SMILES string of the molecule is CCCOC1(C(=O)CCC)CCN(CC)CC1. The van der Waals surface area contributed by atoms with Gasteiger partial charge < -0.3 is 9.64 Å². The molecule has 100 valence electrons. The predicted octanol–water partition coefficient (Wildman–Crippen LogP) is 2.64. The number of Topliss-reactive ketones (excluding diaryl/α,β-unsaturated/α-hetero) is 1. The summed E-state index contributed by atoms with van der Waals surface area (Å²) >= 11 is 0. The Morgan fingerprint density at radius 3 is 2.29 bits per heavy atom. The molecule has 0 aliphatic carbocycles. The van der Waals surface area contributed by atoms with Gasteiger partial charge in [0.05, 0.1) is 0 Å². The van der Waals surface area contributed by atoms with Crippen LogP contribution in [0.5, 0.6) is 0 Å². The first-order chi connectivity index (χ1) is 8.18. The van der Waals surface area contributed by atoms with Gasteiger partial charge in [0, 0.05) is 26.1 Å². The molecule has 1 rings (SSSR count). The van der Waals surface area contributed by atoms with Crippen molar-refractivity contribution in [2.75, 3.05) is 26.2 Å². The lowest BCUT2D eigenvalue weighted by atomic mass is 9.85. The minimum absolute atomic E-state index is 0.323. The van der Waals surface area contributed by atoms with Crippen molar-refractivity contribution in [3.63, 3.8) is 0 Å². The van der Waals surface area contributed by atoms with Crippen LogP contribution in [-0.2, 0) is 9.53 Å². The largest absolute Gasteiger partial charge is 0.367 e. The molecule has 0 radical (unpaired) electrons. The van der Waals surface area contributed by atoms with Crippen molar-refractivity contribution in [1.29, 1.82) is 0 Å². The maximum Gasteiger partial charge on any atom is 0.164 e. The summed E-state index contributed by atoms with van der Waals surface area (Å²) in [6.07, 6.45) is 4.32.